The molecule has 0 aromatic heterocycles. The molecule has 1 aliphatic rings. The van der Waals surface area contributed by atoms with Gasteiger partial charge in [-0.1, -0.05) is 36.4 Å². The molecule has 1 unspecified atom stereocenters. The Kier molecular flexibility index (Phi) is 3.40. The van der Waals surface area contributed by atoms with Crippen LogP contribution in [0.15, 0.2) is 30.3 Å². The number of hydrogen-bond donors (Lipinski definition) is 0. The number of ether oxygens (including phenoxy) is 1. The number of carbonyl (C=O) groups is 1. The lowest BCUT2D eigenvalue weighted by Gasteiger charge is -2.10. The van der Waals surface area contributed by atoms with Gasteiger partial charge in [-0.15, -0.1) is 0 Å². The molecular weight excluding hydrogens is 200 g/mol. The van der Waals surface area contributed by atoms with E-state index in [0.29, 0.717) is 18.9 Å². The fourth-order valence-electron chi connectivity index (χ4n) is 2.08. The van der Waals surface area contributed by atoms with Gasteiger partial charge in [-0.05, 0) is 24.5 Å². The van der Waals surface area contributed by atoms with Crippen LogP contribution < -0.4 is 0 Å². The largest absolute Gasteiger partial charge is 0.466 e. The average Bonchev–Trinajstić information content (AvgIpc) is 2.70. The van der Waals surface area contributed by atoms with Crippen molar-refractivity contribution in [2.75, 3.05) is 6.61 Å². The highest BCUT2D eigenvalue weighted by molar-refractivity contribution is 5.70. The Bertz CT molecular complexity index is 407. The molecular formula is C14H16O2. The van der Waals surface area contributed by atoms with E-state index < -0.39 is 0 Å². The normalized spacial score (nSPS) is 17.2. The molecule has 0 aliphatic heterocycles. The minimum atomic E-state index is -0.0970. The van der Waals surface area contributed by atoms with Gasteiger partial charge >= 0.3 is 5.97 Å². The number of esters is 1. The molecule has 2 nitrogen and oxygen atoms in total. The van der Waals surface area contributed by atoms with Gasteiger partial charge < -0.3 is 4.74 Å². The molecule has 2 heteroatoms. The van der Waals surface area contributed by atoms with Crippen LogP contribution in [-0.4, -0.2) is 12.6 Å². The van der Waals surface area contributed by atoms with Crippen LogP contribution in [0.1, 0.15) is 36.8 Å². The predicted molar refractivity (Wildman–Crippen MR) is 64.1 cm³/mol. The highest BCUT2D eigenvalue weighted by Crippen LogP contribution is 2.32. The third-order valence-corrected chi connectivity index (χ3v) is 2.87. The number of hydrogen-bond acceptors (Lipinski definition) is 2. The van der Waals surface area contributed by atoms with Crippen molar-refractivity contribution in [2.24, 2.45) is 0 Å². The van der Waals surface area contributed by atoms with Crippen molar-refractivity contribution >= 4 is 12.0 Å². The van der Waals surface area contributed by atoms with E-state index in [2.05, 4.69) is 24.3 Å². The maximum atomic E-state index is 11.3. The molecule has 1 aliphatic carbocycles. The SMILES string of the molecule is CCOC(=O)CCC1C=Cc2ccccc21. The Balaban J connectivity index is 1.94. The zero-order valence-electron chi connectivity index (χ0n) is 9.48. The molecule has 0 bridgehead atoms. The number of carbonyl (C=O) groups excluding carboxylic acids is 1. The second-order valence-electron chi connectivity index (χ2n) is 3.94. The summed E-state index contributed by atoms with van der Waals surface area (Å²) in [5.41, 5.74) is 2.60. The molecule has 16 heavy (non-hydrogen) atoms. The molecule has 84 valence electrons. The summed E-state index contributed by atoms with van der Waals surface area (Å²) in [7, 11) is 0. The summed E-state index contributed by atoms with van der Waals surface area (Å²) >= 11 is 0. The molecule has 0 radical (unpaired) electrons. The maximum Gasteiger partial charge on any atom is 0.305 e. The van der Waals surface area contributed by atoms with E-state index in [-0.39, 0.29) is 5.97 Å². The summed E-state index contributed by atoms with van der Waals surface area (Å²) in [5, 5.41) is 0. The monoisotopic (exact) mass is 216 g/mol. The number of benzene rings is 1. The summed E-state index contributed by atoms with van der Waals surface area (Å²) in [6.07, 6.45) is 5.64. The summed E-state index contributed by atoms with van der Waals surface area (Å²) in [5.74, 6) is 0.279. The number of allylic oxidation sites excluding steroid dienone is 1. The van der Waals surface area contributed by atoms with Gasteiger partial charge in [-0.25, -0.2) is 0 Å². The summed E-state index contributed by atoms with van der Waals surface area (Å²) < 4.78 is 4.93. The predicted octanol–water partition coefficient (Wildman–Crippen LogP) is 3.14. The van der Waals surface area contributed by atoms with Gasteiger partial charge in [0.25, 0.3) is 0 Å². The van der Waals surface area contributed by atoms with Gasteiger partial charge in [-0.3, -0.25) is 4.79 Å². The van der Waals surface area contributed by atoms with Crippen molar-refractivity contribution in [3.8, 4) is 0 Å². The lowest BCUT2D eigenvalue weighted by molar-refractivity contribution is -0.143. The Morgan fingerprint density at radius 1 is 1.38 bits per heavy atom. The minimum absolute atomic E-state index is 0.0970. The van der Waals surface area contributed by atoms with Crippen LogP contribution in [0.3, 0.4) is 0 Å². The fraction of sp³-hybridized carbons (Fsp3) is 0.357. The van der Waals surface area contributed by atoms with Gasteiger partial charge in [0.05, 0.1) is 6.61 Å². The van der Waals surface area contributed by atoms with Crippen LogP contribution in [0.25, 0.3) is 6.08 Å². The molecule has 1 aromatic rings. The topological polar surface area (TPSA) is 26.3 Å². The quantitative estimate of drug-likeness (QED) is 0.723. The lowest BCUT2D eigenvalue weighted by Crippen LogP contribution is -2.05. The van der Waals surface area contributed by atoms with E-state index in [9.17, 15) is 4.79 Å². The Morgan fingerprint density at radius 2 is 2.19 bits per heavy atom. The van der Waals surface area contributed by atoms with Gasteiger partial charge in [0.2, 0.25) is 0 Å². The minimum Gasteiger partial charge on any atom is -0.466 e. The van der Waals surface area contributed by atoms with E-state index in [4.69, 9.17) is 4.74 Å². The van der Waals surface area contributed by atoms with Crippen LogP contribution in [0, 0.1) is 0 Å². The first kappa shape index (κ1) is 10.9. The van der Waals surface area contributed by atoms with Crippen LogP contribution in [0.4, 0.5) is 0 Å². The first-order valence-electron chi connectivity index (χ1n) is 5.74. The van der Waals surface area contributed by atoms with Gasteiger partial charge in [0.15, 0.2) is 0 Å². The smallest absolute Gasteiger partial charge is 0.305 e. The zero-order chi connectivity index (χ0) is 11.4. The molecule has 0 fully saturated rings. The Morgan fingerprint density at radius 3 is 3.00 bits per heavy atom. The fourth-order valence-corrected chi connectivity index (χ4v) is 2.08. The molecule has 2 rings (SSSR count). The maximum absolute atomic E-state index is 11.3. The van der Waals surface area contributed by atoms with Crippen molar-refractivity contribution in [3.63, 3.8) is 0 Å². The van der Waals surface area contributed by atoms with E-state index in [1.54, 1.807) is 0 Å². The molecule has 1 atom stereocenters. The van der Waals surface area contributed by atoms with Gasteiger partial charge in [0.1, 0.15) is 0 Å². The highest BCUT2D eigenvalue weighted by atomic mass is 16.5. The van der Waals surface area contributed by atoms with Crippen molar-refractivity contribution < 1.29 is 9.53 Å². The lowest BCUT2D eigenvalue weighted by atomic mass is 9.96. The van der Waals surface area contributed by atoms with E-state index >= 15 is 0 Å². The molecule has 0 saturated carbocycles. The molecule has 0 saturated heterocycles. The zero-order valence-corrected chi connectivity index (χ0v) is 9.48. The summed E-state index contributed by atoms with van der Waals surface area (Å²) in [6.45, 7) is 2.30. The number of fused-ring (bicyclic) bond motifs is 1. The second-order valence-corrected chi connectivity index (χ2v) is 3.94. The van der Waals surface area contributed by atoms with Crippen molar-refractivity contribution in [2.45, 2.75) is 25.7 Å². The molecule has 0 amide bonds. The van der Waals surface area contributed by atoms with E-state index in [1.807, 2.05) is 19.1 Å². The third-order valence-electron chi connectivity index (χ3n) is 2.87. The first-order valence-corrected chi connectivity index (χ1v) is 5.74. The second kappa shape index (κ2) is 4.97. The summed E-state index contributed by atoms with van der Waals surface area (Å²) in [4.78, 5) is 11.3. The number of rotatable bonds is 4. The summed E-state index contributed by atoms with van der Waals surface area (Å²) in [6, 6.07) is 8.32. The van der Waals surface area contributed by atoms with Crippen LogP contribution in [0.5, 0.6) is 0 Å². The first-order chi connectivity index (χ1) is 7.81. The third kappa shape index (κ3) is 2.32. The average molecular weight is 216 g/mol. The molecule has 1 aromatic carbocycles. The van der Waals surface area contributed by atoms with Crippen LogP contribution >= 0.6 is 0 Å². The Labute approximate surface area is 95.9 Å². The van der Waals surface area contributed by atoms with Crippen molar-refractivity contribution in [1.82, 2.24) is 0 Å². The Hall–Kier alpha value is -1.57. The molecule has 0 heterocycles. The highest BCUT2D eigenvalue weighted by Gasteiger charge is 2.17. The van der Waals surface area contributed by atoms with Crippen LogP contribution in [-0.2, 0) is 9.53 Å². The van der Waals surface area contributed by atoms with Crippen molar-refractivity contribution in [3.05, 3.63) is 41.5 Å². The van der Waals surface area contributed by atoms with Crippen LogP contribution in [0.2, 0.25) is 0 Å². The molecule has 0 spiro atoms. The van der Waals surface area contributed by atoms with Gasteiger partial charge in [-0.2, -0.15) is 0 Å². The van der Waals surface area contributed by atoms with Gasteiger partial charge in [0, 0.05) is 12.3 Å². The van der Waals surface area contributed by atoms with E-state index in [1.165, 1.54) is 11.1 Å². The standard InChI is InChI=1S/C14H16O2/c1-2-16-14(15)10-9-12-8-7-11-5-3-4-6-13(11)12/h3-8,12H,2,9-10H2,1H3. The van der Waals surface area contributed by atoms with Crippen molar-refractivity contribution in [1.29, 1.82) is 0 Å². The van der Waals surface area contributed by atoms with E-state index in [0.717, 1.165) is 6.42 Å². The molecule has 0 N–H and O–H groups in total.